The lowest BCUT2D eigenvalue weighted by Crippen LogP contribution is -2.03. The van der Waals surface area contributed by atoms with Crippen molar-refractivity contribution in [3.8, 4) is 0 Å². The van der Waals surface area contributed by atoms with E-state index in [1.807, 2.05) is 0 Å². The summed E-state index contributed by atoms with van der Waals surface area (Å²) in [6.45, 7) is 0.252. The minimum absolute atomic E-state index is 0.0170. The molecule has 0 unspecified atom stereocenters. The van der Waals surface area contributed by atoms with E-state index >= 15 is 0 Å². The summed E-state index contributed by atoms with van der Waals surface area (Å²) in [4.78, 5) is 14.5. The van der Waals surface area contributed by atoms with E-state index in [1.54, 1.807) is 11.4 Å². The third-order valence-electron chi connectivity index (χ3n) is 2.13. The fourth-order valence-electron chi connectivity index (χ4n) is 1.31. The number of benzene rings is 1. The van der Waals surface area contributed by atoms with E-state index in [4.69, 9.17) is 16.7 Å². The second-order valence-electron chi connectivity index (χ2n) is 3.43. The highest BCUT2D eigenvalue weighted by atomic mass is 35.5. The predicted molar refractivity (Wildman–Crippen MR) is 67.8 cm³/mol. The van der Waals surface area contributed by atoms with Crippen LogP contribution < -0.4 is 5.32 Å². The van der Waals surface area contributed by atoms with E-state index in [0.29, 0.717) is 16.4 Å². The van der Waals surface area contributed by atoms with Crippen molar-refractivity contribution >= 4 is 34.6 Å². The van der Waals surface area contributed by atoms with Gasteiger partial charge in [0, 0.05) is 10.4 Å². The van der Waals surface area contributed by atoms with E-state index in [0.717, 1.165) is 11.3 Å². The highest BCUT2D eigenvalue weighted by molar-refractivity contribution is 7.11. The Hall–Kier alpha value is -1.66. The topological polar surface area (TPSA) is 62.2 Å². The number of aromatic nitrogens is 1. The van der Waals surface area contributed by atoms with Gasteiger partial charge >= 0.3 is 5.97 Å². The van der Waals surface area contributed by atoms with Crippen molar-refractivity contribution in [2.45, 2.75) is 6.54 Å². The third kappa shape index (κ3) is 2.96. The number of thiazole rings is 1. The maximum absolute atomic E-state index is 13.4. The number of anilines is 1. The fraction of sp³-hybridized carbons (Fsp3) is 0.0909. The van der Waals surface area contributed by atoms with Crippen molar-refractivity contribution in [3.63, 3.8) is 0 Å². The molecule has 2 rings (SSSR count). The van der Waals surface area contributed by atoms with Crippen LogP contribution in [0.3, 0.4) is 0 Å². The van der Waals surface area contributed by atoms with Gasteiger partial charge in [-0.2, -0.15) is 0 Å². The van der Waals surface area contributed by atoms with Gasteiger partial charge in [0.2, 0.25) is 5.01 Å². The van der Waals surface area contributed by atoms with Crippen LogP contribution in [0, 0.1) is 5.82 Å². The molecule has 1 heterocycles. The molecule has 4 nitrogen and oxygen atoms in total. The highest BCUT2D eigenvalue weighted by Gasteiger charge is 2.09. The third-order valence-corrected chi connectivity index (χ3v) is 3.24. The van der Waals surface area contributed by atoms with E-state index < -0.39 is 11.8 Å². The van der Waals surface area contributed by atoms with Gasteiger partial charge in [0.15, 0.2) is 0 Å². The molecule has 1 aromatic heterocycles. The fourth-order valence-corrected chi connectivity index (χ4v) is 2.12. The molecule has 2 aromatic rings. The molecular formula is C11H8ClFN2O2S. The number of carboxylic acids is 1. The molecule has 7 heteroatoms. The summed E-state index contributed by atoms with van der Waals surface area (Å²) in [7, 11) is 0. The Kier molecular flexibility index (Phi) is 3.78. The lowest BCUT2D eigenvalue weighted by atomic mass is 10.3. The monoisotopic (exact) mass is 286 g/mol. The second kappa shape index (κ2) is 5.32. The number of carboxylic acid groups (broad SMARTS) is 1. The Morgan fingerprint density at radius 1 is 1.56 bits per heavy atom. The molecule has 0 fully saturated rings. The van der Waals surface area contributed by atoms with Gasteiger partial charge in [0.05, 0.1) is 17.9 Å². The Labute approximate surface area is 111 Å². The quantitative estimate of drug-likeness (QED) is 0.906. The van der Waals surface area contributed by atoms with Crippen LogP contribution in [0.2, 0.25) is 5.02 Å². The lowest BCUT2D eigenvalue weighted by molar-refractivity contribution is 0.0696. The van der Waals surface area contributed by atoms with Gasteiger partial charge in [-0.3, -0.25) is 0 Å². The zero-order chi connectivity index (χ0) is 13.1. The number of hydrogen-bond donors (Lipinski definition) is 2. The first-order chi connectivity index (χ1) is 8.56. The first-order valence-electron chi connectivity index (χ1n) is 4.93. The van der Waals surface area contributed by atoms with Crippen molar-refractivity contribution < 1.29 is 14.3 Å². The zero-order valence-electron chi connectivity index (χ0n) is 8.98. The van der Waals surface area contributed by atoms with Crippen molar-refractivity contribution in [1.82, 2.24) is 4.98 Å². The molecule has 0 aliphatic heterocycles. The number of nitrogens with zero attached hydrogens (tertiary/aromatic N) is 1. The first kappa shape index (κ1) is 12.8. The molecule has 0 aliphatic carbocycles. The molecule has 0 aliphatic rings. The summed E-state index contributed by atoms with van der Waals surface area (Å²) in [6.07, 6.45) is 0. The van der Waals surface area contributed by atoms with Gasteiger partial charge in [-0.15, -0.1) is 11.3 Å². The summed E-state index contributed by atoms with van der Waals surface area (Å²) in [5, 5.41) is 13.5. The van der Waals surface area contributed by atoms with Crippen molar-refractivity contribution in [2.24, 2.45) is 0 Å². The van der Waals surface area contributed by atoms with Crippen LogP contribution in [0.4, 0.5) is 10.1 Å². The molecule has 0 amide bonds. The van der Waals surface area contributed by atoms with Gasteiger partial charge in [-0.05, 0) is 18.2 Å². The van der Waals surface area contributed by atoms with Gasteiger partial charge in [0.1, 0.15) is 5.82 Å². The number of aromatic carboxylic acids is 1. The molecule has 94 valence electrons. The maximum atomic E-state index is 13.4. The average Bonchev–Trinajstić information content (AvgIpc) is 2.76. The summed E-state index contributed by atoms with van der Waals surface area (Å²) >= 11 is 6.66. The van der Waals surface area contributed by atoms with Crippen LogP contribution in [0.1, 0.15) is 15.5 Å². The van der Waals surface area contributed by atoms with Crippen LogP contribution in [0.25, 0.3) is 0 Å². The normalized spacial score (nSPS) is 10.3. The molecule has 0 bridgehead atoms. The Morgan fingerprint density at radius 3 is 2.94 bits per heavy atom. The van der Waals surface area contributed by atoms with Crippen molar-refractivity contribution in [2.75, 3.05) is 5.32 Å². The molecule has 0 spiro atoms. The van der Waals surface area contributed by atoms with Crippen LogP contribution >= 0.6 is 22.9 Å². The number of nitrogens with one attached hydrogen (secondary N) is 1. The van der Waals surface area contributed by atoms with Crippen LogP contribution in [0.15, 0.2) is 23.6 Å². The highest BCUT2D eigenvalue weighted by Crippen LogP contribution is 2.20. The van der Waals surface area contributed by atoms with Crippen LogP contribution in [0.5, 0.6) is 0 Å². The smallest absolute Gasteiger partial charge is 0.365 e. The molecule has 0 saturated carbocycles. The van der Waals surface area contributed by atoms with E-state index in [2.05, 4.69) is 10.3 Å². The number of carbonyl (C=O) groups is 1. The summed E-state index contributed by atoms with van der Waals surface area (Å²) in [6, 6.07) is 4.28. The van der Waals surface area contributed by atoms with Gasteiger partial charge in [-0.25, -0.2) is 14.2 Å². The first-order valence-corrected chi connectivity index (χ1v) is 6.18. The largest absolute Gasteiger partial charge is 0.476 e. The van der Waals surface area contributed by atoms with Crippen LogP contribution in [-0.4, -0.2) is 16.1 Å². The standard InChI is InChI=1S/C11H8ClFN2O2S/c12-6-1-2-9(8(13)3-6)14-4-7-5-18-10(15-7)11(16)17/h1-3,5,14H,4H2,(H,16,17). The Morgan fingerprint density at radius 2 is 2.33 bits per heavy atom. The molecule has 0 atom stereocenters. The van der Waals surface area contributed by atoms with Gasteiger partial charge in [0.25, 0.3) is 0 Å². The minimum atomic E-state index is -1.07. The second-order valence-corrected chi connectivity index (χ2v) is 4.72. The number of halogens is 2. The maximum Gasteiger partial charge on any atom is 0.365 e. The molecular weight excluding hydrogens is 279 g/mol. The van der Waals surface area contributed by atoms with E-state index in [-0.39, 0.29) is 11.6 Å². The Bertz CT molecular complexity index is 588. The lowest BCUT2D eigenvalue weighted by Gasteiger charge is -2.05. The molecule has 1 aromatic carbocycles. The van der Waals surface area contributed by atoms with E-state index in [9.17, 15) is 9.18 Å². The Balaban J connectivity index is 2.04. The average molecular weight is 287 g/mol. The van der Waals surface area contributed by atoms with Gasteiger partial charge < -0.3 is 10.4 Å². The summed E-state index contributed by atoms with van der Waals surface area (Å²) in [5.74, 6) is -1.53. The molecule has 0 radical (unpaired) electrons. The molecule has 18 heavy (non-hydrogen) atoms. The van der Waals surface area contributed by atoms with Gasteiger partial charge in [-0.1, -0.05) is 11.6 Å². The zero-order valence-corrected chi connectivity index (χ0v) is 10.6. The molecule has 0 saturated heterocycles. The predicted octanol–water partition coefficient (Wildman–Crippen LogP) is 3.25. The van der Waals surface area contributed by atoms with Crippen molar-refractivity contribution in [3.05, 3.63) is 45.1 Å². The SMILES string of the molecule is O=C(O)c1nc(CNc2ccc(Cl)cc2F)cs1. The van der Waals surface area contributed by atoms with Crippen molar-refractivity contribution in [1.29, 1.82) is 0 Å². The number of hydrogen-bond acceptors (Lipinski definition) is 4. The summed E-state index contributed by atoms with van der Waals surface area (Å²) in [5.41, 5.74) is 0.844. The van der Waals surface area contributed by atoms with E-state index in [1.165, 1.54) is 12.1 Å². The minimum Gasteiger partial charge on any atom is -0.476 e. The van der Waals surface area contributed by atoms with Crippen LogP contribution in [-0.2, 0) is 6.54 Å². The summed E-state index contributed by atoms with van der Waals surface area (Å²) < 4.78 is 13.4. The molecule has 2 N–H and O–H groups in total. The number of rotatable bonds is 4.